The Morgan fingerprint density at radius 3 is 2.32 bits per heavy atom. The molecule has 1 aromatic rings. The van der Waals surface area contributed by atoms with Gasteiger partial charge in [0.1, 0.15) is 0 Å². The molecule has 0 bridgehead atoms. The van der Waals surface area contributed by atoms with Crippen LogP contribution in [0, 0.1) is 12.8 Å². The van der Waals surface area contributed by atoms with Gasteiger partial charge in [-0.3, -0.25) is 9.59 Å². The fourth-order valence-electron chi connectivity index (χ4n) is 1.60. The highest BCUT2D eigenvalue weighted by molar-refractivity contribution is 5.95. The standard InChI is InChI=1S/C14H21N3O2/c1-8(2)13(15)14(19)17-11-5-6-12(9(3)7-11)16-10(4)18/h5-8,13H,15H2,1-4H3,(H,16,18)(H,17,19). The van der Waals surface area contributed by atoms with Crippen LogP contribution >= 0.6 is 0 Å². The highest BCUT2D eigenvalue weighted by Crippen LogP contribution is 2.20. The lowest BCUT2D eigenvalue weighted by Crippen LogP contribution is -2.39. The van der Waals surface area contributed by atoms with Gasteiger partial charge in [-0.2, -0.15) is 0 Å². The average molecular weight is 263 g/mol. The molecule has 104 valence electrons. The molecule has 0 spiro atoms. The van der Waals surface area contributed by atoms with Gasteiger partial charge in [-0.15, -0.1) is 0 Å². The number of nitrogens with one attached hydrogen (secondary N) is 2. The second-order valence-corrected chi connectivity index (χ2v) is 4.97. The van der Waals surface area contributed by atoms with Crippen LogP contribution in [0.5, 0.6) is 0 Å². The zero-order chi connectivity index (χ0) is 14.6. The van der Waals surface area contributed by atoms with Crippen molar-refractivity contribution in [2.45, 2.75) is 33.7 Å². The van der Waals surface area contributed by atoms with Crippen LogP contribution in [0.25, 0.3) is 0 Å². The number of aryl methyl sites for hydroxylation is 1. The minimum Gasteiger partial charge on any atom is -0.326 e. The second kappa shape index (κ2) is 6.33. The molecule has 0 saturated carbocycles. The normalized spacial score (nSPS) is 12.1. The number of rotatable bonds is 4. The van der Waals surface area contributed by atoms with Crippen molar-refractivity contribution in [3.05, 3.63) is 23.8 Å². The Kier molecular flexibility index (Phi) is 5.06. The third kappa shape index (κ3) is 4.37. The molecule has 0 fully saturated rings. The molecule has 1 unspecified atom stereocenters. The summed E-state index contributed by atoms with van der Waals surface area (Å²) < 4.78 is 0. The first-order chi connectivity index (χ1) is 8.81. The molecule has 5 heteroatoms. The smallest absolute Gasteiger partial charge is 0.241 e. The van der Waals surface area contributed by atoms with E-state index in [4.69, 9.17) is 5.73 Å². The number of anilines is 2. The number of benzene rings is 1. The van der Waals surface area contributed by atoms with E-state index in [-0.39, 0.29) is 17.7 Å². The highest BCUT2D eigenvalue weighted by Gasteiger charge is 2.17. The SMILES string of the molecule is CC(=O)Nc1ccc(NC(=O)C(N)C(C)C)cc1C. The van der Waals surface area contributed by atoms with Crippen molar-refractivity contribution in [3.63, 3.8) is 0 Å². The summed E-state index contributed by atoms with van der Waals surface area (Å²) in [7, 11) is 0. The predicted octanol–water partition coefficient (Wildman–Crippen LogP) is 1.88. The summed E-state index contributed by atoms with van der Waals surface area (Å²) in [4.78, 5) is 22.8. The molecular weight excluding hydrogens is 242 g/mol. The van der Waals surface area contributed by atoms with Crippen LogP contribution in [-0.2, 0) is 9.59 Å². The van der Waals surface area contributed by atoms with Crippen molar-refractivity contribution in [1.82, 2.24) is 0 Å². The van der Waals surface area contributed by atoms with Crippen LogP contribution in [0.2, 0.25) is 0 Å². The number of amides is 2. The van der Waals surface area contributed by atoms with Crippen LogP contribution in [0.4, 0.5) is 11.4 Å². The minimum absolute atomic E-state index is 0.0831. The molecule has 0 aliphatic rings. The lowest BCUT2D eigenvalue weighted by molar-refractivity contribution is -0.118. The van der Waals surface area contributed by atoms with E-state index in [1.165, 1.54) is 6.92 Å². The summed E-state index contributed by atoms with van der Waals surface area (Å²) in [5.41, 5.74) is 8.06. The van der Waals surface area contributed by atoms with Gasteiger partial charge in [-0.05, 0) is 36.6 Å². The highest BCUT2D eigenvalue weighted by atomic mass is 16.2. The van der Waals surface area contributed by atoms with Gasteiger partial charge in [0.05, 0.1) is 6.04 Å². The van der Waals surface area contributed by atoms with Gasteiger partial charge in [0.15, 0.2) is 0 Å². The Labute approximate surface area is 113 Å². The molecule has 0 heterocycles. The Morgan fingerprint density at radius 1 is 1.21 bits per heavy atom. The van der Waals surface area contributed by atoms with Crippen molar-refractivity contribution in [2.75, 3.05) is 10.6 Å². The minimum atomic E-state index is -0.532. The molecule has 4 N–H and O–H groups in total. The maximum absolute atomic E-state index is 11.8. The van der Waals surface area contributed by atoms with Crippen molar-refractivity contribution in [2.24, 2.45) is 11.7 Å². The number of hydrogen-bond donors (Lipinski definition) is 3. The Bertz CT molecular complexity index is 484. The summed E-state index contributed by atoms with van der Waals surface area (Å²) in [5.74, 6) is -0.247. The lowest BCUT2D eigenvalue weighted by atomic mass is 10.0. The third-order valence-corrected chi connectivity index (χ3v) is 2.83. The quantitative estimate of drug-likeness (QED) is 0.775. The van der Waals surface area contributed by atoms with Gasteiger partial charge in [-0.1, -0.05) is 13.8 Å². The molecule has 19 heavy (non-hydrogen) atoms. The predicted molar refractivity (Wildman–Crippen MR) is 76.9 cm³/mol. The van der Waals surface area contributed by atoms with E-state index in [0.29, 0.717) is 5.69 Å². The first-order valence-corrected chi connectivity index (χ1v) is 6.26. The first kappa shape index (κ1) is 15.2. The maximum Gasteiger partial charge on any atom is 0.241 e. The van der Waals surface area contributed by atoms with Crippen LogP contribution in [0.1, 0.15) is 26.3 Å². The monoisotopic (exact) mass is 263 g/mol. The van der Waals surface area contributed by atoms with Crippen molar-refractivity contribution in [3.8, 4) is 0 Å². The first-order valence-electron chi connectivity index (χ1n) is 6.26. The van der Waals surface area contributed by atoms with Crippen LogP contribution in [0.15, 0.2) is 18.2 Å². The maximum atomic E-state index is 11.8. The van der Waals surface area contributed by atoms with E-state index >= 15 is 0 Å². The Morgan fingerprint density at radius 2 is 1.84 bits per heavy atom. The van der Waals surface area contributed by atoms with Gasteiger partial charge < -0.3 is 16.4 Å². The summed E-state index contributed by atoms with van der Waals surface area (Å²) in [5, 5.41) is 5.49. The van der Waals surface area contributed by atoms with Crippen LogP contribution < -0.4 is 16.4 Å². The van der Waals surface area contributed by atoms with Gasteiger partial charge >= 0.3 is 0 Å². The van der Waals surface area contributed by atoms with Gasteiger partial charge in [0, 0.05) is 18.3 Å². The molecule has 0 aliphatic heterocycles. The zero-order valence-corrected chi connectivity index (χ0v) is 11.8. The van der Waals surface area contributed by atoms with E-state index in [1.807, 2.05) is 20.8 Å². The fraction of sp³-hybridized carbons (Fsp3) is 0.429. The summed E-state index contributed by atoms with van der Waals surface area (Å²) in [6.45, 7) is 7.12. The van der Waals surface area contributed by atoms with Crippen LogP contribution in [-0.4, -0.2) is 17.9 Å². The molecule has 0 saturated heterocycles. The average Bonchev–Trinajstić information content (AvgIpc) is 2.31. The third-order valence-electron chi connectivity index (χ3n) is 2.83. The summed E-state index contributed by atoms with van der Waals surface area (Å²) >= 11 is 0. The van der Waals surface area contributed by atoms with E-state index in [2.05, 4.69) is 10.6 Å². The Hall–Kier alpha value is -1.88. The van der Waals surface area contributed by atoms with E-state index in [0.717, 1.165) is 11.3 Å². The van der Waals surface area contributed by atoms with E-state index < -0.39 is 6.04 Å². The van der Waals surface area contributed by atoms with Gasteiger partial charge in [0.25, 0.3) is 0 Å². The molecule has 1 rings (SSSR count). The van der Waals surface area contributed by atoms with E-state index in [9.17, 15) is 9.59 Å². The number of hydrogen-bond acceptors (Lipinski definition) is 3. The molecule has 1 aromatic carbocycles. The molecule has 0 radical (unpaired) electrons. The van der Waals surface area contributed by atoms with Crippen molar-refractivity contribution < 1.29 is 9.59 Å². The zero-order valence-electron chi connectivity index (χ0n) is 11.8. The number of carbonyl (C=O) groups excluding carboxylic acids is 2. The molecule has 2 amide bonds. The Balaban J connectivity index is 2.79. The molecular formula is C14H21N3O2. The largest absolute Gasteiger partial charge is 0.326 e. The second-order valence-electron chi connectivity index (χ2n) is 4.97. The van der Waals surface area contributed by atoms with Gasteiger partial charge in [-0.25, -0.2) is 0 Å². The number of carbonyl (C=O) groups is 2. The summed E-state index contributed by atoms with van der Waals surface area (Å²) in [6.07, 6.45) is 0. The van der Waals surface area contributed by atoms with Crippen molar-refractivity contribution >= 4 is 23.2 Å². The molecule has 1 atom stereocenters. The van der Waals surface area contributed by atoms with Gasteiger partial charge in [0.2, 0.25) is 11.8 Å². The topological polar surface area (TPSA) is 84.2 Å². The van der Waals surface area contributed by atoms with Crippen LogP contribution in [0.3, 0.4) is 0 Å². The van der Waals surface area contributed by atoms with Crippen molar-refractivity contribution in [1.29, 1.82) is 0 Å². The number of nitrogens with two attached hydrogens (primary N) is 1. The fourth-order valence-corrected chi connectivity index (χ4v) is 1.60. The summed E-state index contributed by atoms with van der Waals surface area (Å²) in [6, 6.07) is 4.77. The molecule has 5 nitrogen and oxygen atoms in total. The lowest BCUT2D eigenvalue weighted by Gasteiger charge is -2.16. The molecule has 0 aliphatic carbocycles. The van der Waals surface area contributed by atoms with E-state index in [1.54, 1.807) is 18.2 Å². The molecule has 0 aromatic heterocycles.